The molecule has 0 aromatic heterocycles. The van der Waals surface area contributed by atoms with Gasteiger partial charge in [0.15, 0.2) is 0 Å². The second kappa shape index (κ2) is 4.18. The Labute approximate surface area is 91.8 Å². The summed E-state index contributed by atoms with van der Waals surface area (Å²) in [4.78, 5) is 0. The summed E-state index contributed by atoms with van der Waals surface area (Å²) in [7, 11) is 0. The SMILES string of the molecule is C=CC(C)c1ccc(C(C)(C)C)c(F)c1. The van der Waals surface area contributed by atoms with E-state index in [4.69, 9.17) is 0 Å². The molecule has 0 aliphatic heterocycles. The van der Waals surface area contributed by atoms with Gasteiger partial charge >= 0.3 is 0 Å². The second-order valence-electron chi connectivity index (χ2n) is 5.01. The van der Waals surface area contributed by atoms with Crippen LogP contribution in [0.25, 0.3) is 0 Å². The first-order chi connectivity index (χ1) is 6.86. The number of hydrogen-bond donors (Lipinski definition) is 0. The van der Waals surface area contributed by atoms with Crippen molar-refractivity contribution < 1.29 is 4.39 Å². The molecule has 0 saturated heterocycles. The molecule has 0 spiro atoms. The van der Waals surface area contributed by atoms with E-state index in [9.17, 15) is 4.39 Å². The molecule has 15 heavy (non-hydrogen) atoms. The van der Waals surface area contributed by atoms with Crippen molar-refractivity contribution in [2.45, 2.75) is 39.0 Å². The predicted octanol–water partition coefficient (Wildman–Crippen LogP) is 4.41. The fourth-order valence-corrected chi connectivity index (χ4v) is 1.56. The van der Waals surface area contributed by atoms with E-state index < -0.39 is 0 Å². The van der Waals surface area contributed by atoms with Gasteiger partial charge in [0.1, 0.15) is 5.82 Å². The molecule has 0 saturated carbocycles. The lowest BCUT2D eigenvalue weighted by atomic mass is 9.85. The van der Waals surface area contributed by atoms with Crippen molar-refractivity contribution in [2.24, 2.45) is 0 Å². The lowest BCUT2D eigenvalue weighted by Gasteiger charge is -2.20. The molecule has 0 aliphatic rings. The van der Waals surface area contributed by atoms with E-state index in [-0.39, 0.29) is 17.2 Å². The zero-order chi connectivity index (χ0) is 11.6. The van der Waals surface area contributed by atoms with E-state index in [1.165, 1.54) is 0 Å². The highest BCUT2D eigenvalue weighted by atomic mass is 19.1. The Morgan fingerprint density at radius 2 is 1.93 bits per heavy atom. The lowest BCUT2D eigenvalue weighted by Crippen LogP contribution is -2.13. The third-order valence-corrected chi connectivity index (χ3v) is 2.68. The molecule has 0 N–H and O–H groups in total. The van der Waals surface area contributed by atoms with E-state index >= 15 is 0 Å². The van der Waals surface area contributed by atoms with Crippen LogP contribution in [0, 0.1) is 5.82 Å². The first kappa shape index (κ1) is 12.0. The summed E-state index contributed by atoms with van der Waals surface area (Å²) in [5, 5.41) is 0. The molecule has 1 rings (SSSR count). The summed E-state index contributed by atoms with van der Waals surface area (Å²) in [5.74, 6) is 0.0854. The Morgan fingerprint density at radius 1 is 1.33 bits per heavy atom. The van der Waals surface area contributed by atoms with Crippen LogP contribution >= 0.6 is 0 Å². The van der Waals surface area contributed by atoms with E-state index in [2.05, 4.69) is 6.58 Å². The van der Waals surface area contributed by atoms with Crippen LogP contribution in [-0.2, 0) is 5.41 Å². The molecule has 0 amide bonds. The monoisotopic (exact) mass is 206 g/mol. The average Bonchev–Trinajstić information content (AvgIpc) is 2.14. The molecule has 1 unspecified atom stereocenters. The van der Waals surface area contributed by atoms with Gasteiger partial charge in [-0.1, -0.05) is 45.9 Å². The third-order valence-electron chi connectivity index (χ3n) is 2.68. The zero-order valence-corrected chi connectivity index (χ0v) is 9.97. The highest BCUT2D eigenvalue weighted by molar-refractivity contribution is 5.32. The fraction of sp³-hybridized carbons (Fsp3) is 0.429. The van der Waals surface area contributed by atoms with Crippen molar-refractivity contribution in [3.8, 4) is 0 Å². The van der Waals surface area contributed by atoms with Crippen molar-refractivity contribution in [3.05, 3.63) is 47.8 Å². The summed E-state index contributed by atoms with van der Waals surface area (Å²) >= 11 is 0. The first-order valence-electron chi connectivity index (χ1n) is 5.28. The Hall–Kier alpha value is -1.11. The van der Waals surface area contributed by atoms with Crippen LogP contribution in [-0.4, -0.2) is 0 Å². The summed E-state index contributed by atoms with van der Waals surface area (Å²) < 4.78 is 13.8. The van der Waals surface area contributed by atoms with Crippen molar-refractivity contribution in [1.29, 1.82) is 0 Å². The topological polar surface area (TPSA) is 0 Å². The maximum absolute atomic E-state index is 13.8. The normalized spacial score (nSPS) is 13.7. The average molecular weight is 206 g/mol. The van der Waals surface area contributed by atoms with Crippen molar-refractivity contribution in [3.63, 3.8) is 0 Å². The lowest BCUT2D eigenvalue weighted by molar-refractivity contribution is 0.521. The smallest absolute Gasteiger partial charge is 0.127 e. The van der Waals surface area contributed by atoms with Crippen LogP contribution in [0.4, 0.5) is 4.39 Å². The van der Waals surface area contributed by atoms with E-state index in [0.29, 0.717) is 0 Å². The standard InChI is InChI=1S/C14H19F/c1-6-10(2)11-7-8-12(13(15)9-11)14(3,4)5/h6-10H,1H2,2-5H3. The molecule has 0 aliphatic carbocycles. The maximum atomic E-state index is 13.8. The molecule has 0 nitrogen and oxygen atoms in total. The summed E-state index contributed by atoms with van der Waals surface area (Å²) in [6.45, 7) is 11.8. The van der Waals surface area contributed by atoms with Gasteiger partial charge in [-0.2, -0.15) is 0 Å². The van der Waals surface area contributed by atoms with Crippen molar-refractivity contribution >= 4 is 0 Å². The molecule has 1 aromatic rings. The Kier molecular flexibility index (Phi) is 3.33. The van der Waals surface area contributed by atoms with Crippen LogP contribution in [0.2, 0.25) is 0 Å². The largest absolute Gasteiger partial charge is 0.207 e. The van der Waals surface area contributed by atoms with Crippen molar-refractivity contribution in [1.82, 2.24) is 0 Å². The van der Waals surface area contributed by atoms with Gasteiger partial charge in [-0.15, -0.1) is 6.58 Å². The van der Waals surface area contributed by atoms with Crippen LogP contribution in [0.5, 0.6) is 0 Å². The van der Waals surface area contributed by atoms with E-state index in [1.54, 1.807) is 6.07 Å². The minimum Gasteiger partial charge on any atom is -0.207 e. The van der Waals surface area contributed by atoms with Gasteiger partial charge in [0, 0.05) is 0 Å². The minimum atomic E-state index is -0.139. The second-order valence-corrected chi connectivity index (χ2v) is 5.01. The summed E-state index contributed by atoms with van der Waals surface area (Å²) in [5.41, 5.74) is 1.61. The third kappa shape index (κ3) is 2.68. The first-order valence-corrected chi connectivity index (χ1v) is 5.28. The van der Waals surface area contributed by atoms with Gasteiger partial charge in [0.25, 0.3) is 0 Å². The number of rotatable bonds is 2. The van der Waals surface area contributed by atoms with E-state index in [0.717, 1.165) is 11.1 Å². The summed E-state index contributed by atoms with van der Waals surface area (Å²) in [6, 6.07) is 5.48. The molecule has 1 atom stereocenters. The number of hydrogen-bond acceptors (Lipinski definition) is 0. The number of allylic oxidation sites excluding steroid dienone is 1. The van der Waals surface area contributed by atoms with Gasteiger partial charge in [-0.3, -0.25) is 0 Å². The van der Waals surface area contributed by atoms with Crippen LogP contribution in [0.3, 0.4) is 0 Å². The molecule has 82 valence electrons. The molecule has 1 aromatic carbocycles. The van der Waals surface area contributed by atoms with Crippen molar-refractivity contribution in [2.75, 3.05) is 0 Å². The van der Waals surface area contributed by atoms with Crippen LogP contribution < -0.4 is 0 Å². The van der Waals surface area contributed by atoms with Gasteiger partial charge in [-0.05, 0) is 28.5 Å². The number of halogens is 1. The van der Waals surface area contributed by atoms with Gasteiger partial charge < -0.3 is 0 Å². The summed E-state index contributed by atoms with van der Waals surface area (Å²) in [6.07, 6.45) is 1.82. The molecule has 1 heteroatoms. The zero-order valence-electron chi connectivity index (χ0n) is 9.97. The molecule has 0 radical (unpaired) electrons. The van der Waals surface area contributed by atoms with Gasteiger partial charge in [0.05, 0.1) is 0 Å². The Balaban J connectivity index is 3.14. The van der Waals surface area contributed by atoms with Gasteiger partial charge in [-0.25, -0.2) is 4.39 Å². The Morgan fingerprint density at radius 3 is 2.33 bits per heavy atom. The predicted molar refractivity (Wildman–Crippen MR) is 63.7 cm³/mol. The molecular weight excluding hydrogens is 187 g/mol. The molecule has 0 fully saturated rings. The fourth-order valence-electron chi connectivity index (χ4n) is 1.56. The molecular formula is C14H19F. The van der Waals surface area contributed by atoms with Gasteiger partial charge in [0.2, 0.25) is 0 Å². The van der Waals surface area contributed by atoms with E-state index in [1.807, 2.05) is 45.9 Å². The molecule has 0 bridgehead atoms. The van der Waals surface area contributed by atoms with Crippen LogP contribution in [0.1, 0.15) is 44.7 Å². The quantitative estimate of drug-likeness (QED) is 0.629. The molecule has 0 heterocycles. The highest BCUT2D eigenvalue weighted by Crippen LogP contribution is 2.27. The maximum Gasteiger partial charge on any atom is 0.127 e. The number of benzene rings is 1. The highest BCUT2D eigenvalue weighted by Gasteiger charge is 2.18. The van der Waals surface area contributed by atoms with Crippen LogP contribution in [0.15, 0.2) is 30.9 Å². The minimum absolute atomic E-state index is 0.117. The Bertz CT molecular complexity index is 358.